The first kappa shape index (κ1) is 17.6. The second-order valence-electron chi connectivity index (χ2n) is 5.12. The van der Waals surface area contributed by atoms with E-state index in [1.54, 1.807) is 12.1 Å². The Labute approximate surface area is 131 Å². The van der Waals surface area contributed by atoms with Crippen LogP contribution in [0.15, 0.2) is 28.7 Å². The molecule has 0 aliphatic rings. The van der Waals surface area contributed by atoms with Gasteiger partial charge in [-0.05, 0) is 44.5 Å². The molecule has 1 N–H and O–H groups in total. The van der Waals surface area contributed by atoms with E-state index in [-0.39, 0.29) is 17.2 Å². The summed E-state index contributed by atoms with van der Waals surface area (Å²) in [6, 6.07) is 4.62. The highest BCUT2D eigenvalue weighted by molar-refractivity contribution is 9.10. The zero-order valence-corrected chi connectivity index (χ0v) is 13.7. The van der Waals surface area contributed by atoms with Gasteiger partial charge in [0.05, 0.1) is 0 Å². The Balaban J connectivity index is 2.88. The molecule has 0 atom stereocenters. The van der Waals surface area contributed by atoms with Crippen LogP contribution in [-0.4, -0.2) is 18.1 Å². The maximum Gasteiger partial charge on any atom is 0.387 e. The van der Waals surface area contributed by atoms with Crippen LogP contribution in [0.2, 0.25) is 0 Å². The molecule has 0 heterocycles. The zero-order chi connectivity index (χ0) is 16.0. The molecule has 0 aliphatic carbocycles. The summed E-state index contributed by atoms with van der Waals surface area (Å²) in [4.78, 5) is 11.8. The molecule has 0 unspecified atom stereocenters. The van der Waals surface area contributed by atoms with E-state index in [1.807, 2.05) is 20.8 Å². The van der Waals surface area contributed by atoms with E-state index in [0.717, 1.165) is 6.42 Å². The summed E-state index contributed by atoms with van der Waals surface area (Å²) in [5.41, 5.74) is 0.0789. The Hall–Kier alpha value is -1.43. The highest BCUT2D eigenvalue weighted by Gasteiger charge is 2.16. The quantitative estimate of drug-likeness (QED) is 0.764. The fraction of sp³-hybridized carbons (Fsp3) is 0.400. The standard InChI is InChI=1S/C15H18BrF2NO2/c1-4-15(2,3)19-13(20)8-5-10-9-11(16)6-7-12(10)21-14(17)18/h5-9,14H,4H2,1-3H3,(H,19,20)/b8-5+. The predicted molar refractivity (Wildman–Crippen MR) is 82.3 cm³/mol. The van der Waals surface area contributed by atoms with Gasteiger partial charge in [-0.2, -0.15) is 8.78 Å². The summed E-state index contributed by atoms with van der Waals surface area (Å²) >= 11 is 3.25. The van der Waals surface area contributed by atoms with Crippen molar-refractivity contribution >= 4 is 27.9 Å². The van der Waals surface area contributed by atoms with Crippen LogP contribution in [0.4, 0.5) is 8.78 Å². The second kappa shape index (κ2) is 7.54. The van der Waals surface area contributed by atoms with Gasteiger partial charge >= 0.3 is 6.61 Å². The number of alkyl halides is 2. The molecular formula is C15H18BrF2NO2. The average Bonchev–Trinajstić information content (AvgIpc) is 2.38. The Morgan fingerprint density at radius 3 is 2.71 bits per heavy atom. The van der Waals surface area contributed by atoms with Crippen LogP contribution in [0.1, 0.15) is 32.8 Å². The number of hydrogen-bond acceptors (Lipinski definition) is 2. The summed E-state index contributed by atoms with van der Waals surface area (Å²) in [5, 5.41) is 2.82. The minimum absolute atomic E-state index is 0.0204. The molecule has 0 fully saturated rings. The fourth-order valence-electron chi connectivity index (χ4n) is 1.48. The molecule has 0 aliphatic heterocycles. The number of rotatable bonds is 6. The van der Waals surface area contributed by atoms with Crippen LogP contribution in [-0.2, 0) is 4.79 Å². The summed E-state index contributed by atoms with van der Waals surface area (Å²) < 4.78 is 29.8. The van der Waals surface area contributed by atoms with Gasteiger partial charge in [-0.15, -0.1) is 0 Å². The van der Waals surface area contributed by atoms with Crippen molar-refractivity contribution in [1.29, 1.82) is 0 Å². The van der Waals surface area contributed by atoms with Crippen molar-refractivity contribution in [2.24, 2.45) is 0 Å². The number of halogens is 3. The van der Waals surface area contributed by atoms with Crippen molar-refractivity contribution in [3.05, 3.63) is 34.3 Å². The molecule has 0 bridgehead atoms. The SMILES string of the molecule is CCC(C)(C)NC(=O)/C=C/c1cc(Br)ccc1OC(F)F. The van der Waals surface area contributed by atoms with Crippen molar-refractivity contribution in [1.82, 2.24) is 5.32 Å². The van der Waals surface area contributed by atoms with Crippen LogP contribution in [0.3, 0.4) is 0 Å². The van der Waals surface area contributed by atoms with Gasteiger partial charge in [0.15, 0.2) is 0 Å². The molecule has 0 aromatic heterocycles. The van der Waals surface area contributed by atoms with Crippen molar-refractivity contribution in [3.63, 3.8) is 0 Å². The third-order valence-electron chi connectivity index (χ3n) is 2.95. The van der Waals surface area contributed by atoms with Crippen LogP contribution in [0, 0.1) is 0 Å². The zero-order valence-electron chi connectivity index (χ0n) is 12.1. The lowest BCUT2D eigenvalue weighted by Gasteiger charge is -2.23. The fourth-order valence-corrected chi connectivity index (χ4v) is 1.86. The molecule has 3 nitrogen and oxygen atoms in total. The Morgan fingerprint density at radius 1 is 1.48 bits per heavy atom. The van der Waals surface area contributed by atoms with Gasteiger partial charge in [0.25, 0.3) is 0 Å². The Kier molecular flexibility index (Phi) is 6.33. The number of benzene rings is 1. The van der Waals surface area contributed by atoms with Gasteiger partial charge in [-0.1, -0.05) is 22.9 Å². The first-order valence-electron chi connectivity index (χ1n) is 6.48. The van der Waals surface area contributed by atoms with Gasteiger partial charge in [-0.3, -0.25) is 4.79 Å². The lowest BCUT2D eigenvalue weighted by molar-refractivity contribution is -0.118. The summed E-state index contributed by atoms with van der Waals surface area (Å²) in [6.45, 7) is 2.87. The smallest absolute Gasteiger partial charge is 0.387 e. The van der Waals surface area contributed by atoms with Crippen LogP contribution in [0.5, 0.6) is 5.75 Å². The topological polar surface area (TPSA) is 38.3 Å². The van der Waals surface area contributed by atoms with Gasteiger partial charge in [0, 0.05) is 21.7 Å². The van der Waals surface area contributed by atoms with E-state index < -0.39 is 6.61 Å². The largest absolute Gasteiger partial charge is 0.434 e. The van der Waals surface area contributed by atoms with Crippen LogP contribution in [0.25, 0.3) is 6.08 Å². The number of nitrogens with one attached hydrogen (secondary N) is 1. The van der Waals surface area contributed by atoms with E-state index >= 15 is 0 Å². The molecule has 6 heteroatoms. The first-order valence-corrected chi connectivity index (χ1v) is 7.27. The Bertz CT molecular complexity index is 530. The lowest BCUT2D eigenvalue weighted by atomic mass is 10.0. The van der Waals surface area contributed by atoms with Gasteiger partial charge < -0.3 is 10.1 Å². The predicted octanol–water partition coefficient (Wildman–Crippen LogP) is 4.37. The highest BCUT2D eigenvalue weighted by atomic mass is 79.9. The van der Waals surface area contributed by atoms with Gasteiger partial charge in [-0.25, -0.2) is 0 Å². The summed E-state index contributed by atoms with van der Waals surface area (Å²) in [5.74, 6) is -0.267. The minimum atomic E-state index is -2.91. The first-order chi connectivity index (χ1) is 9.73. The Morgan fingerprint density at radius 2 is 2.14 bits per heavy atom. The van der Waals surface area contributed by atoms with E-state index in [2.05, 4.69) is 26.0 Å². The number of hydrogen-bond donors (Lipinski definition) is 1. The van der Waals surface area contributed by atoms with Gasteiger partial charge in [0.1, 0.15) is 5.75 Å². The molecular weight excluding hydrogens is 344 g/mol. The molecule has 0 saturated carbocycles. The normalized spacial score (nSPS) is 12.0. The van der Waals surface area contributed by atoms with Crippen LogP contribution >= 0.6 is 15.9 Å². The number of ether oxygens (including phenoxy) is 1. The number of amides is 1. The molecule has 0 saturated heterocycles. The molecule has 1 aromatic rings. The van der Waals surface area contributed by atoms with Gasteiger partial charge in [0.2, 0.25) is 5.91 Å². The second-order valence-corrected chi connectivity index (χ2v) is 6.04. The van der Waals surface area contributed by atoms with Crippen molar-refractivity contribution in [2.75, 3.05) is 0 Å². The highest BCUT2D eigenvalue weighted by Crippen LogP contribution is 2.26. The number of carbonyl (C=O) groups excluding carboxylic acids is 1. The number of carbonyl (C=O) groups is 1. The average molecular weight is 362 g/mol. The van der Waals surface area contributed by atoms with E-state index in [1.165, 1.54) is 18.2 Å². The molecule has 1 aromatic carbocycles. The van der Waals surface area contributed by atoms with E-state index in [9.17, 15) is 13.6 Å². The van der Waals surface area contributed by atoms with E-state index in [4.69, 9.17) is 0 Å². The monoisotopic (exact) mass is 361 g/mol. The third kappa shape index (κ3) is 6.25. The molecule has 0 radical (unpaired) electrons. The molecule has 1 amide bonds. The summed E-state index contributed by atoms with van der Waals surface area (Å²) in [7, 11) is 0. The maximum atomic E-state index is 12.3. The van der Waals surface area contributed by atoms with Crippen LogP contribution < -0.4 is 10.1 Å². The molecule has 21 heavy (non-hydrogen) atoms. The lowest BCUT2D eigenvalue weighted by Crippen LogP contribution is -2.41. The van der Waals surface area contributed by atoms with Crippen molar-refractivity contribution in [3.8, 4) is 5.75 Å². The van der Waals surface area contributed by atoms with Crippen molar-refractivity contribution < 1.29 is 18.3 Å². The molecule has 1 rings (SSSR count). The van der Waals surface area contributed by atoms with Crippen molar-refractivity contribution in [2.45, 2.75) is 39.3 Å². The maximum absolute atomic E-state index is 12.3. The summed E-state index contributed by atoms with van der Waals surface area (Å²) in [6.07, 6.45) is 3.53. The minimum Gasteiger partial charge on any atom is -0.434 e. The molecule has 0 spiro atoms. The molecule has 116 valence electrons. The van der Waals surface area contributed by atoms with E-state index in [0.29, 0.717) is 10.0 Å². The third-order valence-corrected chi connectivity index (χ3v) is 3.44.